The first-order valence-electron chi connectivity index (χ1n) is 4.72. The summed E-state index contributed by atoms with van der Waals surface area (Å²) >= 11 is 0. The first kappa shape index (κ1) is 9.51. The lowest BCUT2D eigenvalue weighted by Crippen LogP contribution is -2.19. The molecule has 1 heterocycles. The van der Waals surface area contributed by atoms with Gasteiger partial charge in [0, 0.05) is 18.7 Å². The van der Waals surface area contributed by atoms with E-state index in [1.165, 1.54) is 0 Å². The van der Waals surface area contributed by atoms with Gasteiger partial charge in [-0.2, -0.15) is 5.10 Å². The van der Waals surface area contributed by atoms with E-state index >= 15 is 0 Å². The standard InChI is InChI=1S/C10H12N4O/c11-10(15)13-8-3-1-7(2-4-8)9-5-6-12-14-9/h1-4,12H,5-6H2,(H3,11,13,15). The normalized spacial score (nSPS) is 14.3. The summed E-state index contributed by atoms with van der Waals surface area (Å²) < 4.78 is 0. The lowest BCUT2D eigenvalue weighted by molar-refractivity contribution is 0.259. The Kier molecular flexibility index (Phi) is 2.53. The van der Waals surface area contributed by atoms with E-state index in [-0.39, 0.29) is 0 Å². The van der Waals surface area contributed by atoms with Crippen LogP contribution >= 0.6 is 0 Å². The average Bonchev–Trinajstić information content (AvgIpc) is 2.71. The predicted molar refractivity (Wildman–Crippen MR) is 58.8 cm³/mol. The quantitative estimate of drug-likeness (QED) is 0.668. The highest BCUT2D eigenvalue weighted by Crippen LogP contribution is 2.12. The van der Waals surface area contributed by atoms with Gasteiger partial charge >= 0.3 is 6.03 Å². The summed E-state index contributed by atoms with van der Waals surface area (Å²) in [5, 5.41) is 6.66. The summed E-state index contributed by atoms with van der Waals surface area (Å²) in [6, 6.07) is 6.89. The highest BCUT2D eigenvalue weighted by molar-refractivity contribution is 6.01. The van der Waals surface area contributed by atoms with Gasteiger partial charge in [0.05, 0.1) is 5.71 Å². The van der Waals surface area contributed by atoms with Gasteiger partial charge in [-0.1, -0.05) is 12.1 Å². The Morgan fingerprint density at radius 3 is 2.67 bits per heavy atom. The van der Waals surface area contributed by atoms with Crippen LogP contribution in [-0.2, 0) is 0 Å². The fraction of sp³-hybridized carbons (Fsp3) is 0.200. The van der Waals surface area contributed by atoms with Crippen molar-refractivity contribution < 1.29 is 4.79 Å². The molecule has 0 spiro atoms. The third-order valence-corrected chi connectivity index (χ3v) is 2.17. The van der Waals surface area contributed by atoms with Gasteiger partial charge in [-0.25, -0.2) is 4.79 Å². The van der Waals surface area contributed by atoms with Crippen molar-refractivity contribution in [2.45, 2.75) is 6.42 Å². The van der Waals surface area contributed by atoms with Crippen LogP contribution in [0.5, 0.6) is 0 Å². The number of anilines is 1. The molecule has 1 aliphatic rings. The van der Waals surface area contributed by atoms with Gasteiger partial charge in [-0.3, -0.25) is 0 Å². The molecule has 0 saturated carbocycles. The molecule has 2 rings (SSSR count). The maximum Gasteiger partial charge on any atom is 0.316 e. The number of nitrogens with zero attached hydrogens (tertiary/aromatic N) is 1. The molecule has 5 heteroatoms. The molecule has 1 aromatic carbocycles. The maximum absolute atomic E-state index is 10.6. The molecule has 15 heavy (non-hydrogen) atoms. The molecule has 5 nitrogen and oxygen atoms in total. The number of nitrogens with two attached hydrogens (primary N) is 1. The largest absolute Gasteiger partial charge is 0.351 e. The predicted octanol–water partition coefficient (Wildman–Crippen LogP) is 0.875. The molecule has 4 N–H and O–H groups in total. The minimum Gasteiger partial charge on any atom is -0.351 e. The molecule has 0 saturated heterocycles. The zero-order valence-corrected chi connectivity index (χ0v) is 8.16. The van der Waals surface area contributed by atoms with Crippen LogP contribution in [0.25, 0.3) is 0 Å². The van der Waals surface area contributed by atoms with Gasteiger partial charge in [0.25, 0.3) is 0 Å². The first-order chi connectivity index (χ1) is 7.25. The molecule has 0 radical (unpaired) electrons. The molecule has 1 aliphatic heterocycles. The Morgan fingerprint density at radius 2 is 2.13 bits per heavy atom. The van der Waals surface area contributed by atoms with E-state index in [1.807, 2.05) is 12.1 Å². The molecule has 1 aromatic rings. The van der Waals surface area contributed by atoms with Crippen molar-refractivity contribution in [3.8, 4) is 0 Å². The van der Waals surface area contributed by atoms with Crippen molar-refractivity contribution in [2.75, 3.05) is 11.9 Å². The Balaban J connectivity index is 2.13. The third-order valence-electron chi connectivity index (χ3n) is 2.17. The number of amides is 2. The fourth-order valence-corrected chi connectivity index (χ4v) is 1.48. The molecule has 2 amide bonds. The first-order valence-corrected chi connectivity index (χ1v) is 4.72. The highest BCUT2D eigenvalue weighted by Gasteiger charge is 2.08. The van der Waals surface area contributed by atoms with Gasteiger partial charge in [0.15, 0.2) is 0 Å². The zero-order valence-electron chi connectivity index (χ0n) is 8.16. The summed E-state index contributed by atoms with van der Waals surface area (Å²) in [6.45, 7) is 0.886. The van der Waals surface area contributed by atoms with Crippen LogP contribution in [0.2, 0.25) is 0 Å². The molecular formula is C10H12N4O. The molecule has 0 unspecified atom stereocenters. The van der Waals surface area contributed by atoms with Crippen molar-refractivity contribution in [1.29, 1.82) is 0 Å². The van der Waals surface area contributed by atoms with Crippen LogP contribution in [0, 0.1) is 0 Å². The maximum atomic E-state index is 10.6. The summed E-state index contributed by atoms with van der Waals surface area (Å²) in [5.74, 6) is 0. The Labute approximate surface area is 87.4 Å². The lowest BCUT2D eigenvalue weighted by Gasteiger charge is -2.03. The zero-order chi connectivity index (χ0) is 10.7. The smallest absolute Gasteiger partial charge is 0.316 e. The van der Waals surface area contributed by atoms with Gasteiger partial charge in [-0.05, 0) is 17.7 Å². The number of hydrogen-bond donors (Lipinski definition) is 3. The molecule has 0 fully saturated rings. The van der Waals surface area contributed by atoms with Crippen molar-refractivity contribution in [3.05, 3.63) is 29.8 Å². The Morgan fingerprint density at radius 1 is 1.40 bits per heavy atom. The summed E-state index contributed by atoms with van der Waals surface area (Å²) in [5.41, 5.74) is 10.7. The van der Waals surface area contributed by atoms with E-state index in [1.54, 1.807) is 12.1 Å². The van der Waals surface area contributed by atoms with E-state index in [0.29, 0.717) is 5.69 Å². The second-order valence-electron chi connectivity index (χ2n) is 3.28. The summed E-state index contributed by atoms with van der Waals surface area (Å²) in [4.78, 5) is 10.6. The van der Waals surface area contributed by atoms with E-state index in [0.717, 1.165) is 24.2 Å². The summed E-state index contributed by atoms with van der Waals surface area (Å²) in [7, 11) is 0. The van der Waals surface area contributed by atoms with Crippen LogP contribution in [0.3, 0.4) is 0 Å². The SMILES string of the molecule is NC(=O)Nc1ccc(C2=NNCC2)cc1. The van der Waals surface area contributed by atoms with E-state index in [4.69, 9.17) is 5.73 Å². The number of benzene rings is 1. The average molecular weight is 204 g/mol. The van der Waals surface area contributed by atoms with E-state index in [2.05, 4.69) is 15.8 Å². The Bertz CT molecular complexity index is 396. The molecular weight excluding hydrogens is 192 g/mol. The van der Waals surface area contributed by atoms with E-state index < -0.39 is 6.03 Å². The molecule has 0 atom stereocenters. The van der Waals surface area contributed by atoms with Crippen LogP contribution in [-0.4, -0.2) is 18.3 Å². The van der Waals surface area contributed by atoms with Crippen molar-refractivity contribution in [3.63, 3.8) is 0 Å². The minimum atomic E-state index is -0.553. The number of hydrazone groups is 1. The number of carbonyl (C=O) groups is 1. The van der Waals surface area contributed by atoms with Crippen molar-refractivity contribution >= 4 is 17.4 Å². The van der Waals surface area contributed by atoms with Crippen LogP contribution in [0.15, 0.2) is 29.4 Å². The van der Waals surface area contributed by atoms with Crippen LogP contribution < -0.4 is 16.5 Å². The summed E-state index contributed by atoms with van der Waals surface area (Å²) in [6.07, 6.45) is 0.933. The molecule has 78 valence electrons. The number of nitrogens with one attached hydrogen (secondary N) is 2. The third kappa shape index (κ3) is 2.25. The second kappa shape index (κ2) is 4.00. The van der Waals surface area contributed by atoms with Gasteiger partial charge in [0.2, 0.25) is 0 Å². The van der Waals surface area contributed by atoms with Gasteiger partial charge in [-0.15, -0.1) is 0 Å². The van der Waals surface area contributed by atoms with Crippen molar-refractivity contribution in [1.82, 2.24) is 5.43 Å². The molecule has 0 bridgehead atoms. The molecule has 0 aromatic heterocycles. The fourth-order valence-electron chi connectivity index (χ4n) is 1.48. The number of rotatable bonds is 2. The minimum absolute atomic E-state index is 0.553. The van der Waals surface area contributed by atoms with Gasteiger partial charge in [0.1, 0.15) is 0 Å². The lowest BCUT2D eigenvalue weighted by atomic mass is 10.1. The monoisotopic (exact) mass is 204 g/mol. The van der Waals surface area contributed by atoms with Crippen molar-refractivity contribution in [2.24, 2.45) is 10.8 Å². The topological polar surface area (TPSA) is 79.5 Å². The number of carbonyl (C=O) groups excluding carboxylic acids is 1. The molecule has 0 aliphatic carbocycles. The second-order valence-corrected chi connectivity index (χ2v) is 3.28. The Hall–Kier alpha value is -2.04. The van der Waals surface area contributed by atoms with Crippen LogP contribution in [0.4, 0.5) is 10.5 Å². The van der Waals surface area contributed by atoms with Crippen LogP contribution in [0.1, 0.15) is 12.0 Å². The highest BCUT2D eigenvalue weighted by atomic mass is 16.2. The number of urea groups is 1. The van der Waals surface area contributed by atoms with E-state index in [9.17, 15) is 4.79 Å². The van der Waals surface area contributed by atoms with Gasteiger partial charge < -0.3 is 16.5 Å². The number of hydrogen-bond acceptors (Lipinski definition) is 3. The number of primary amides is 1.